The van der Waals surface area contributed by atoms with Gasteiger partial charge in [-0.3, -0.25) is 0 Å². The third kappa shape index (κ3) is 5.41. The summed E-state index contributed by atoms with van der Waals surface area (Å²) in [5.41, 5.74) is 2.82. The fourth-order valence-electron chi connectivity index (χ4n) is 1.63. The first-order chi connectivity index (χ1) is 7.33. The summed E-state index contributed by atoms with van der Waals surface area (Å²) in [5, 5.41) is 0. The number of benzene rings is 1. The summed E-state index contributed by atoms with van der Waals surface area (Å²) in [6.07, 6.45) is 10.8. The zero-order valence-corrected chi connectivity index (χ0v) is 10.00. The smallest absolute Gasteiger partial charge is 0.0279 e. The molecule has 0 fully saturated rings. The minimum absolute atomic E-state index is 1.16. The van der Waals surface area contributed by atoms with Gasteiger partial charge in [-0.25, -0.2) is 0 Å². The average Bonchev–Trinajstić information content (AvgIpc) is 2.26. The summed E-state index contributed by atoms with van der Waals surface area (Å²) < 4.78 is 0. The van der Waals surface area contributed by atoms with Gasteiger partial charge in [-0.15, -0.1) is 0 Å². The predicted octanol–water partition coefficient (Wildman–Crippen LogP) is 4.67. The van der Waals surface area contributed by atoms with Crippen molar-refractivity contribution in [1.29, 1.82) is 0 Å². The van der Waals surface area contributed by atoms with E-state index in [-0.39, 0.29) is 0 Å². The van der Waals surface area contributed by atoms with E-state index in [2.05, 4.69) is 50.3 Å². The predicted molar refractivity (Wildman–Crippen MR) is 68.2 cm³/mol. The second kappa shape index (κ2) is 7.28. The monoisotopic (exact) mass is 202 g/mol. The summed E-state index contributed by atoms with van der Waals surface area (Å²) in [6, 6.07) is 8.90. The van der Waals surface area contributed by atoms with Crippen molar-refractivity contribution in [3.8, 4) is 0 Å². The molecule has 0 radical (unpaired) electrons. The van der Waals surface area contributed by atoms with Crippen LogP contribution in [0.4, 0.5) is 0 Å². The van der Waals surface area contributed by atoms with E-state index in [1.807, 2.05) is 0 Å². The average molecular weight is 202 g/mol. The fourth-order valence-corrected chi connectivity index (χ4v) is 1.63. The lowest BCUT2D eigenvalue weighted by Crippen LogP contribution is -1.85. The van der Waals surface area contributed by atoms with Crippen LogP contribution in [0.2, 0.25) is 0 Å². The molecule has 0 nitrogen and oxygen atoms in total. The molecule has 0 heterocycles. The molecule has 0 bridgehead atoms. The van der Waals surface area contributed by atoms with Crippen LogP contribution in [0.3, 0.4) is 0 Å². The van der Waals surface area contributed by atoms with Crippen LogP contribution in [0.25, 0.3) is 0 Å². The molecule has 0 aliphatic rings. The topological polar surface area (TPSA) is 0 Å². The lowest BCUT2D eigenvalue weighted by Gasteiger charge is -2.00. The highest BCUT2D eigenvalue weighted by Crippen LogP contribution is 2.08. The number of aryl methyl sites for hydroxylation is 2. The van der Waals surface area contributed by atoms with Gasteiger partial charge in [-0.2, -0.15) is 0 Å². The molecule has 0 N–H and O–H groups in total. The maximum Gasteiger partial charge on any atom is -0.0279 e. The van der Waals surface area contributed by atoms with Gasteiger partial charge in [0, 0.05) is 0 Å². The Morgan fingerprint density at radius 1 is 1.00 bits per heavy atom. The van der Waals surface area contributed by atoms with Crippen LogP contribution < -0.4 is 0 Å². The molecule has 0 aromatic heterocycles. The minimum atomic E-state index is 1.16. The van der Waals surface area contributed by atoms with Gasteiger partial charge in [0.05, 0.1) is 0 Å². The van der Waals surface area contributed by atoms with E-state index in [0.717, 1.165) is 6.42 Å². The third-order valence-electron chi connectivity index (χ3n) is 2.61. The highest BCUT2D eigenvalue weighted by Gasteiger charge is 1.92. The maximum absolute atomic E-state index is 2.30. The fraction of sp³-hybridized carbons (Fsp3) is 0.467. The molecule has 0 saturated heterocycles. The van der Waals surface area contributed by atoms with E-state index in [4.69, 9.17) is 0 Å². The Morgan fingerprint density at radius 3 is 2.40 bits per heavy atom. The number of hydrogen-bond acceptors (Lipinski definition) is 0. The number of rotatable bonds is 6. The quantitative estimate of drug-likeness (QED) is 0.464. The Kier molecular flexibility index (Phi) is 5.84. The van der Waals surface area contributed by atoms with E-state index in [1.54, 1.807) is 0 Å². The third-order valence-corrected chi connectivity index (χ3v) is 2.61. The molecule has 0 unspecified atom stereocenters. The maximum atomic E-state index is 2.30. The number of unbranched alkanes of at least 4 members (excludes halogenated alkanes) is 2. The van der Waals surface area contributed by atoms with Crippen molar-refractivity contribution in [3.63, 3.8) is 0 Å². The van der Waals surface area contributed by atoms with Crippen LogP contribution in [-0.4, -0.2) is 0 Å². The zero-order valence-electron chi connectivity index (χ0n) is 10.00. The summed E-state index contributed by atoms with van der Waals surface area (Å²) >= 11 is 0. The molecule has 1 aromatic carbocycles. The van der Waals surface area contributed by atoms with Gasteiger partial charge in [0.1, 0.15) is 0 Å². The van der Waals surface area contributed by atoms with Crippen LogP contribution >= 0.6 is 0 Å². The van der Waals surface area contributed by atoms with Crippen LogP contribution in [0.15, 0.2) is 36.4 Å². The van der Waals surface area contributed by atoms with Gasteiger partial charge in [-0.05, 0) is 44.6 Å². The van der Waals surface area contributed by atoms with Crippen molar-refractivity contribution in [2.75, 3.05) is 0 Å². The highest BCUT2D eigenvalue weighted by atomic mass is 14.0. The first kappa shape index (κ1) is 12.0. The second-order valence-corrected chi connectivity index (χ2v) is 4.11. The Balaban J connectivity index is 2.15. The van der Waals surface area contributed by atoms with Crippen LogP contribution in [-0.2, 0) is 6.42 Å². The van der Waals surface area contributed by atoms with Crippen LogP contribution in [0.1, 0.15) is 43.7 Å². The normalized spacial score (nSPS) is 11.1. The Labute approximate surface area is 94.0 Å². The minimum Gasteiger partial charge on any atom is -0.0888 e. The van der Waals surface area contributed by atoms with Gasteiger partial charge >= 0.3 is 0 Å². The molecule has 0 amide bonds. The summed E-state index contributed by atoms with van der Waals surface area (Å²) in [4.78, 5) is 0. The SMILES string of the molecule is CC/C=C\CCCCc1ccc(C)cc1. The molecular formula is C15H22. The van der Waals surface area contributed by atoms with Crippen LogP contribution in [0.5, 0.6) is 0 Å². The summed E-state index contributed by atoms with van der Waals surface area (Å²) in [7, 11) is 0. The molecule has 0 heteroatoms. The summed E-state index contributed by atoms with van der Waals surface area (Å²) in [6.45, 7) is 4.32. The Hall–Kier alpha value is -1.04. The van der Waals surface area contributed by atoms with Crippen molar-refractivity contribution in [3.05, 3.63) is 47.5 Å². The second-order valence-electron chi connectivity index (χ2n) is 4.11. The zero-order chi connectivity index (χ0) is 10.9. The van der Waals surface area contributed by atoms with E-state index in [1.165, 1.54) is 36.8 Å². The molecule has 0 spiro atoms. The molecule has 1 rings (SSSR count). The van der Waals surface area contributed by atoms with E-state index >= 15 is 0 Å². The van der Waals surface area contributed by atoms with Gasteiger partial charge in [0.15, 0.2) is 0 Å². The number of hydrogen-bond donors (Lipinski definition) is 0. The molecule has 0 aliphatic carbocycles. The van der Waals surface area contributed by atoms with Gasteiger partial charge in [0.2, 0.25) is 0 Å². The molecule has 82 valence electrons. The molecular weight excluding hydrogens is 180 g/mol. The van der Waals surface area contributed by atoms with Gasteiger partial charge in [0.25, 0.3) is 0 Å². The lowest BCUT2D eigenvalue weighted by molar-refractivity contribution is 0.746. The van der Waals surface area contributed by atoms with Gasteiger partial charge in [-0.1, -0.05) is 48.9 Å². The van der Waals surface area contributed by atoms with E-state index in [0.29, 0.717) is 0 Å². The van der Waals surface area contributed by atoms with Crippen molar-refractivity contribution >= 4 is 0 Å². The first-order valence-corrected chi connectivity index (χ1v) is 6.03. The lowest BCUT2D eigenvalue weighted by atomic mass is 10.1. The van der Waals surface area contributed by atoms with Crippen molar-refractivity contribution in [2.24, 2.45) is 0 Å². The Morgan fingerprint density at radius 2 is 1.73 bits per heavy atom. The Bertz CT molecular complexity index is 279. The highest BCUT2D eigenvalue weighted by molar-refractivity contribution is 5.21. The molecule has 0 saturated carbocycles. The standard InChI is InChI=1S/C15H22/c1-3-4-5-6-7-8-9-15-12-10-14(2)11-13-15/h4-5,10-13H,3,6-9H2,1-2H3/b5-4-. The van der Waals surface area contributed by atoms with Crippen molar-refractivity contribution < 1.29 is 0 Å². The molecule has 0 atom stereocenters. The van der Waals surface area contributed by atoms with E-state index in [9.17, 15) is 0 Å². The van der Waals surface area contributed by atoms with Crippen LogP contribution in [0, 0.1) is 6.92 Å². The van der Waals surface area contributed by atoms with E-state index < -0.39 is 0 Å². The summed E-state index contributed by atoms with van der Waals surface area (Å²) in [5.74, 6) is 0. The largest absolute Gasteiger partial charge is 0.0888 e. The van der Waals surface area contributed by atoms with Crippen molar-refractivity contribution in [1.82, 2.24) is 0 Å². The molecule has 15 heavy (non-hydrogen) atoms. The molecule has 0 aliphatic heterocycles. The van der Waals surface area contributed by atoms with Gasteiger partial charge < -0.3 is 0 Å². The number of allylic oxidation sites excluding steroid dienone is 2. The molecule has 1 aromatic rings. The van der Waals surface area contributed by atoms with Crippen molar-refractivity contribution in [2.45, 2.75) is 46.0 Å². The first-order valence-electron chi connectivity index (χ1n) is 6.03.